The van der Waals surface area contributed by atoms with Crippen molar-refractivity contribution >= 4 is 58.4 Å². The monoisotopic (exact) mass is 824 g/mol. The molecule has 0 amide bonds. The Hall–Kier alpha value is -3.00. The smallest absolute Gasteiger partial charge is 0.407 e. The van der Waals surface area contributed by atoms with Crippen molar-refractivity contribution in [3.05, 3.63) is 25.3 Å². The molecule has 0 spiro atoms. The molecule has 5 unspecified atom stereocenters. The summed E-state index contributed by atoms with van der Waals surface area (Å²) in [5.74, 6) is 0.314. The molecule has 55 heavy (non-hydrogen) atoms. The fourth-order valence-corrected chi connectivity index (χ4v) is 9.57. The number of phosphoric ester groups is 1. The highest BCUT2D eigenvalue weighted by molar-refractivity contribution is 7.47. The number of aromatic nitrogens is 8. The van der Waals surface area contributed by atoms with Gasteiger partial charge in [-0.05, 0) is 36.3 Å². The van der Waals surface area contributed by atoms with Crippen LogP contribution in [0.3, 0.4) is 0 Å². The van der Waals surface area contributed by atoms with Gasteiger partial charge in [-0.1, -0.05) is 41.5 Å². The molecular weight excluding hydrogens is 772 g/mol. The van der Waals surface area contributed by atoms with Crippen LogP contribution in [-0.4, -0.2) is 121 Å². The molecule has 2 saturated heterocycles. The summed E-state index contributed by atoms with van der Waals surface area (Å²) in [5.41, 5.74) is 13.4. The zero-order chi connectivity index (χ0) is 40.5. The molecule has 2 aliphatic heterocycles. The van der Waals surface area contributed by atoms with E-state index in [0.29, 0.717) is 22.3 Å². The molecule has 0 bridgehead atoms. The molecule has 2 fully saturated rings. The third kappa shape index (κ3) is 7.97. The van der Waals surface area contributed by atoms with Crippen LogP contribution in [0.25, 0.3) is 22.3 Å². The van der Waals surface area contributed by atoms with E-state index < -0.39 is 86.8 Å². The second-order valence-electron chi connectivity index (χ2n) is 17.0. The van der Waals surface area contributed by atoms with E-state index in [9.17, 15) is 19.7 Å². The maximum Gasteiger partial charge on any atom is 0.472 e. The predicted octanol–water partition coefficient (Wildman–Crippen LogP) is 3.26. The van der Waals surface area contributed by atoms with Crippen LogP contribution >= 0.6 is 7.82 Å². The lowest BCUT2D eigenvalue weighted by Crippen LogP contribution is -2.49. The minimum Gasteiger partial charge on any atom is -0.407 e. The van der Waals surface area contributed by atoms with Crippen molar-refractivity contribution in [2.75, 3.05) is 24.7 Å². The molecule has 7 N–H and O–H groups in total. The fourth-order valence-electron chi connectivity index (χ4n) is 6.04. The molecular formula is C32H53N10O10PSi2. The van der Waals surface area contributed by atoms with E-state index in [0.717, 1.165) is 0 Å². The summed E-state index contributed by atoms with van der Waals surface area (Å²) < 4.78 is 54.6. The Morgan fingerprint density at radius 3 is 1.69 bits per heavy atom. The van der Waals surface area contributed by atoms with Crippen LogP contribution in [0.5, 0.6) is 0 Å². The summed E-state index contributed by atoms with van der Waals surface area (Å²) in [6.45, 7) is 19.2. The van der Waals surface area contributed by atoms with E-state index >= 15 is 0 Å². The number of anilines is 2. The molecule has 6 rings (SSSR count). The number of fused-ring (bicyclic) bond motifs is 2. The van der Waals surface area contributed by atoms with Gasteiger partial charge >= 0.3 is 7.82 Å². The Morgan fingerprint density at radius 2 is 1.22 bits per heavy atom. The molecule has 2 aliphatic rings. The number of nitrogens with two attached hydrogens (primary N) is 2. The van der Waals surface area contributed by atoms with Gasteiger partial charge in [0.25, 0.3) is 0 Å². The van der Waals surface area contributed by atoms with Gasteiger partial charge in [0, 0.05) is 0 Å². The average Bonchev–Trinajstić information content (AvgIpc) is 3.84. The molecule has 0 saturated carbocycles. The Kier molecular flexibility index (Phi) is 11.2. The zero-order valence-electron chi connectivity index (χ0n) is 32.7. The number of aliphatic hydroxyl groups is 2. The Labute approximate surface area is 320 Å². The predicted molar refractivity (Wildman–Crippen MR) is 205 cm³/mol. The van der Waals surface area contributed by atoms with Crippen molar-refractivity contribution in [3.8, 4) is 0 Å². The normalized spacial score (nSPS) is 28.0. The van der Waals surface area contributed by atoms with E-state index in [4.69, 9.17) is 38.8 Å². The van der Waals surface area contributed by atoms with Gasteiger partial charge in [0.2, 0.25) is 0 Å². The molecule has 304 valence electrons. The number of aliphatic hydroxyl groups excluding tert-OH is 2. The Morgan fingerprint density at radius 1 is 0.764 bits per heavy atom. The maximum absolute atomic E-state index is 13.9. The van der Waals surface area contributed by atoms with Crippen molar-refractivity contribution in [2.45, 2.75) is 127 Å². The van der Waals surface area contributed by atoms with Crippen LogP contribution in [-0.2, 0) is 31.9 Å². The number of phosphoric acid groups is 1. The number of hydrogen-bond acceptors (Lipinski definition) is 17. The van der Waals surface area contributed by atoms with Gasteiger partial charge in [-0.25, -0.2) is 34.5 Å². The van der Waals surface area contributed by atoms with Crippen LogP contribution in [0.2, 0.25) is 36.3 Å². The lowest BCUT2D eigenvalue weighted by atomic mass is 10.1. The molecule has 4 aromatic rings. The first-order valence-electron chi connectivity index (χ1n) is 17.9. The zero-order valence-corrected chi connectivity index (χ0v) is 35.6. The minimum absolute atomic E-state index is 0.150. The first-order chi connectivity index (χ1) is 25.5. The van der Waals surface area contributed by atoms with E-state index in [-0.39, 0.29) is 21.7 Å². The largest absolute Gasteiger partial charge is 0.472 e. The summed E-state index contributed by atoms with van der Waals surface area (Å²) >= 11 is 0. The number of imidazole rings is 2. The van der Waals surface area contributed by atoms with Gasteiger partial charge < -0.3 is 44.9 Å². The number of hydrogen-bond donors (Lipinski definition) is 5. The van der Waals surface area contributed by atoms with Crippen LogP contribution in [0.15, 0.2) is 25.3 Å². The van der Waals surface area contributed by atoms with Crippen molar-refractivity contribution in [3.63, 3.8) is 0 Å². The van der Waals surface area contributed by atoms with Crippen molar-refractivity contribution in [1.82, 2.24) is 39.0 Å². The van der Waals surface area contributed by atoms with Crippen molar-refractivity contribution in [1.29, 1.82) is 0 Å². The van der Waals surface area contributed by atoms with Crippen LogP contribution in [0, 0.1) is 0 Å². The minimum atomic E-state index is -4.99. The highest BCUT2D eigenvalue weighted by Crippen LogP contribution is 2.52. The molecule has 20 nitrogen and oxygen atoms in total. The van der Waals surface area contributed by atoms with Gasteiger partial charge in [-0.15, -0.1) is 0 Å². The van der Waals surface area contributed by atoms with Crippen LogP contribution < -0.4 is 11.5 Å². The Bertz CT molecular complexity index is 2060. The van der Waals surface area contributed by atoms with E-state index in [2.05, 4.69) is 50.7 Å². The number of ether oxygens (including phenoxy) is 2. The first-order valence-corrected chi connectivity index (χ1v) is 25.2. The molecule has 0 aromatic carbocycles. The molecule has 0 aliphatic carbocycles. The number of nitrogens with zero attached hydrogens (tertiary/aromatic N) is 8. The lowest BCUT2D eigenvalue weighted by Gasteiger charge is -2.40. The highest BCUT2D eigenvalue weighted by atomic mass is 31.2. The van der Waals surface area contributed by atoms with Crippen molar-refractivity contribution in [2.24, 2.45) is 0 Å². The Balaban J connectivity index is 1.27. The summed E-state index contributed by atoms with van der Waals surface area (Å²) in [6, 6.07) is 0. The van der Waals surface area contributed by atoms with Crippen LogP contribution in [0.4, 0.5) is 11.6 Å². The summed E-state index contributed by atoms with van der Waals surface area (Å²) in [4.78, 5) is 36.7. The molecule has 4 aromatic heterocycles. The standard InChI is InChI=1S/C32H53N10O10PSi2/c1-31(2,3)54(7,8)51-23-21(44)18(49-29(23)41-15-39-19-25(33)35-13-37-27(19)41)12-47-53(45,46)50-22-17(11-43)48-30(24(22)52-55(9,10)32(4,5)6)42-16-40-20-26(34)36-14-38-28(20)42/h13-18,21-24,29-30,43-44H,11-12H2,1-10H3,(H,45,46)(H2,33,35,37)(H2,34,36,38)/t17-,18-,21?,22?,23?,24?,29-,30-/m1/s1. The highest BCUT2D eigenvalue weighted by Gasteiger charge is 2.55. The second kappa shape index (κ2) is 14.7. The molecule has 0 radical (unpaired) electrons. The lowest BCUT2D eigenvalue weighted by molar-refractivity contribution is -0.0579. The van der Waals surface area contributed by atoms with Gasteiger partial charge in [0.1, 0.15) is 60.3 Å². The van der Waals surface area contributed by atoms with Gasteiger partial charge in [0.15, 0.2) is 52.0 Å². The third-order valence-corrected chi connectivity index (χ3v) is 21.2. The molecule has 6 heterocycles. The van der Waals surface area contributed by atoms with Gasteiger partial charge in [-0.3, -0.25) is 18.2 Å². The maximum atomic E-state index is 13.9. The third-order valence-electron chi connectivity index (χ3n) is 11.2. The van der Waals surface area contributed by atoms with Gasteiger partial charge in [-0.2, -0.15) is 0 Å². The summed E-state index contributed by atoms with van der Waals surface area (Å²) in [5, 5.41) is 21.7. The van der Waals surface area contributed by atoms with E-state index in [1.165, 1.54) is 25.3 Å². The number of rotatable bonds is 12. The fraction of sp³-hybridized carbons (Fsp3) is 0.688. The van der Waals surface area contributed by atoms with E-state index in [1.54, 1.807) is 9.13 Å². The SMILES string of the molecule is CC(C)(C)[Si](C)(C)OC1C(O)[C@@H](COP(=O)(O)OC2C(O[Si](C)(C)C(C)(C)C)[C@H](n3cnc4c(N)ncnc43)O[C@@H]2CO)O[C@H]1n1cnc2c(N)ncnc21. The second-order valence-corrected chi connectivity index (χ2v) is 27.9. The number of nitrogen functional groups attached to an aromatic ring is 2. The topological polar surface area (TPSA) is 272 Å². The van der Waals surface area contributed by atoms with Gasteiger partial charge in [0.05, 0.1) is 25.9 Å². The van der Waals surface area contributed by atoms with Crippen LogP contribution in [0.1, 0.15) is 54.0 Å². The quantitative estimate of drug-likeness (QED) is 0.101. The average molecular weight is 825 g/mol. The molecule has 23 heteroatoms. The molecule has 9 atom stereocenters. The summed E-state index contributed by atoms with van der Waals surface area (Å²) in [6.07, 6.45) is -3.39. The first kappa shape index (κ1) is 41.6. The van der Waals surface area contributed by atoms with E-state index in [1.807, 2.05) is 47.0 Å². The van der Waals surface area contributed by atoms with Crippen molar-refractivity contribution < 1.29 is 47.0 Å². The summed E-state index contributed by atoms with van der Waals surface area (Å²) in [7, 11) is -10.2.